The van der Waals surface area contributed by atoms with E-state index >= 15 is 0 Å². The third-order valence-electron chi connectivity index (χ3n) is 3.87. The predicted molar refractivity (Wildman–Crippen MR) is 79.2 cm³/mol. The van der Waals surface area contributed by atoms with Crippen molar-refractivity contribution in [2.45, 2.75) is 19.4 Å². The van der Waals surface area contributed by atoms with Gasteiger partial charge in [-0.25, -0.2) is 0 Å². The molecule has 1 amide bonds. The topological polar surface area (TPSA) is 51.5 Å². The highest BCUT2D eigenvalue weighted by Gasteiger charge is 2.32. The van der Waals surface area contributed by atoms with Crippen LogP contribution in [0.4, 0.5) is 0 Å². The number of ether oxygens (including phenoxy) is 1. The van der Waals surface area contributed by atoms with Crippen LogP contribution in [0.25, 0.3) is 10.9 Å². The number of esters is 1. The van der Waals surface area contributed by atoms with Crippen molar-refractivity contribution >= 4 is 22.8 Å². The third kappa shape index (κ3) is 2.28. The molecule has 21 heavy (non-hydrogen) atoms. The Labute approximate surface area is 123 Å². The first-order valence-corrected chi connectivity index (χ1v) is 7.13. The zero-order valence-corrected chi connectivity index (χ0v) is 12.2. The smallest absolute Gasteiger partial charge is 0.307 e. The summed E-state index contributed by atoms with van der Waals surface area (Å²) in [6, 6.07) is 9.67. The van der Waals surface area contributed by atoms with E-state index in [1.54, 1.807) is 18.9 Å². The van der Waals surface area contributed by atoms with Crippen molar-refractivity contribution in [3.05, 3.63) is 36.0 Å². The zero-order valence-electron chi connectivity index (χ0n) is 12.2. The molecule has 5 heteroatoms. The summed E-state index contributed by atoms with van der Waals surface area (Å²) in [5.74, 6) is -0.236. The molecule has 0 spiro atoms. The van der Waals surface area contributed by atoms with Crippen LogP contribution in [0.2, 0.25) is 0 Å². The summed E-state index contributed by atoms with van der Waals surface area (Å²) >= 11 is 0. The molecule has 0 fully saturated rings. The van der Waals surface area contributed by atoms with E-state index in [2.05, 4.69) is 0 Å². The van der Waals surface area contributed by atoms with Crippen LogP contribution < -0.4 is 0 Å². The molecule has 0 unspecified atom stereocenters. The fourth-order valence-electron chi connectivity index (χ4n) is 2.98. The van der Waals surface area contributed by atoms with Crippen molar-refractivity contribution < 1.29 is 14.3 Å². The number of fused-ring (bicyclic) bond motifs is 3. The summed E-state index contributed by atoms with van der Waals surface area (Å²) in [7, 11) is 1.77. The molecule has 0 N–H and O–H groups in total. The van der Waals surface area contributed by atoms with Gasteiger partial charge in [-0.15, -0.1) is 0 Å². The lowest BCUT2D eigenvalue weighted by atomic mass is 10.1. The lowest BCUT2D eigenvalue weighted by molar-refractivity contribution is -0.144. The second kappa shape index (κ2) is 5.24. The van der Waals surface area contributed by atoms with Crippen LogP contribution in [-0.4, -0.2) is 41.5 Å². The van der Waals surface area contributed by atoms with E-state index in [9.17, 15) is 9.59 Å². The standard InChI is InChI=1S/C16H18N2O3/c1-3-21-15(19)9-12-10-17(2)16(20)14-8-11-6-4-5-7-13(11)18(12)14/h4-8,12H,3,9-10H2,1-2H3/t12-/m0/s1. The Morgan fingerprint density at radius 2 is 2.14 bits per heavy atom. The van der Waals surface area contributed by atoms with Crippen LogP contribution in [0.3, 0.4) is 0 Å². The van der Waals surface area contributed by atoms with Gasteiger partial charge in [-0.2, -0.15) is 0 Å². The lowest BCUT2D eigenvalue weighted by Gasteiger charge is -2.32. The fourth-order valence-corrected chi connectivity index (χ4v) is 2.98. The van der Waals surface area contributed by atoms with E-state index in [4.69, 9.17) is 4.74 Å². The van der Waals surface area contributed by atoms with Crippen molar-refractivity contribution in [3.63, 3.8) is 0 Å². The van der Waals surface area contributed by atoms with Gasteiger partial charge in [0.05, 0.1) is 19.1 Å². The minimum atomic E-state index is -0.228. The number of carbonyl (C=O) groups is 2. The first kappa shape index (κ1) is 13.7. The Hall–Kier alpha value is -2.30. The van der Waals surface area contributed by atoms with Crippen molar-refractivity contribution in [3.8, 4) is 0 Å². The predicted octanol–water partition coefficient (Wildman–Crippen LogP) is 2.22. The maximum atomic E-state index is 12.3. The van der Waals surface area contributed by atoms with Gasteiger partial charge in [0, 0.05) is 24.5 Å². The number of hydrogen-bond donors (Lipinski definition) is 0. The lowest BCUT2D eigenvalue weighted by Crippen LogP contribution is -2.41. The van der Waals surface area contributed by atoms with Gasteiger partial charge in [0.15, 0.2) is 0 Å². The molecule has 110 valence electrons. The van der Waals surface area contributed by atoms with Crippen LogP contribution in [0, 0.1) is 0 Å². The SMILES string of the molecule is CCOC(=O)C[C@H]1CN(C)C(=O)c2cc3ccccc3n21. The number of amides is 1. The largest absolute Gasteiger partial charge is 0.466 e. The number of benzene rings is 1. The van der Waals surface area contributed by atoms with Crippen LogP contribution in [0.15, 0.2) is 30.3 Å². The number of nitrogens with zero attached hydrogens (tertiary/aromatic N) is 2. The molecule has 1 aromatic carbocycles. The van der Waals surface area contributed by atoms with E-state index in [-0.39, 0.29) is 24.3 Å². The number of likely N-dealkylation sites (N-methyl/N-ethyl adjacent to an activating group) is 1. The molecular formula is C16H18N2O3. The Kier molecular flexibility index (Phi) is 3.41. The summed E-state index contributed by atoms with van der Waals surface area (Å²) < 4.78 is 7.04. The Balaban J connectivity index is 2.06. The van der Waals surface area contributed by atoms with E-state index in [0.717, 1.165) is 10.9 Å². The molecule has 3 rings (SSSR count). The fraction of sp³-hybridized carbons (Fsp3) is 0.375. The van der Waals surface area contributed by atoms with E-state index in [1.165, 1.54) is 0 Å². The van der Waals surface area contributed by atoms with Gasteiger partial charge in [-0.1, -0.05) is 18.2 Å². The highest BCUT2D eigenvalue weighted by molar-refractivity contribution is 5.99. The van der Waals surface area contributed by atoms with Crippen LogP contribution in [0.1, 0.15) is 29.9 Å². The number of para-hydroxylation sites is 1. The molecule has 1 aromatic heterocycles. The number of aromatic nitrogens is 1. The first-order chi connectivity index (χ1) is 10.1. The van der Waals surface area contributed by atoms with E-state index in [0.29, 0.717) is 18.8 Å². The molecular weight excluding hydrogens is 268 g/mol. The summed E-state index contributed by atoms with van der Waals surface area (Å²) in [6.45, 7) is 2.69. The monoisotopic (exact) mass is 286 g/mol. The molecule has 0 aliphatic carbocycles. The second-order valence-electron chi connectivity index (χ2n) is 5.31. The first-order valence-electron chi connectivity index (χ1n) is 7.13. The molecule has 2 aromatic rings. The number of carbonyl (C=O) groups excluding carboxylic acids is 2. The summed E-state index contributed by atoms with van der Waals surface area (Å²) in [6.07, 6.45) is 0.275. The average molecular weight is 286 g/mol. The van der Waals surface area contributed by atoms with Crippen molar-refractivity contribution in [2.75, 3.05) is 20.2 Å². The van der Waals surface area contributed by atoms with Crippen molar-refractivity contribution in [1.29, 1.82) is 0 Å². The molecule has 1 atom stereocenters. The van der Waals surface area contributed by atoms with Crippen LogP contribution in [0.5, 0.6) is 0 Å². The highest BCUT2D eigenvalue weighted by Crippen LogP contribution is 2.30. The molecule has 5 nitrogen and oxygen atoms in total. The highest BCUT2D eigenvalue weighted by atomic mass is 16.5. The minimum Gasteiger partial charge on any atom is -0.466 e. The molecule has 0 bridgehead atoms. The molecule has 1 aliphatic rings. The Bertz CT molecular complexity index is 705. The van der Waals surface area contributed by atoms with Gasteiger partial charge in [0.25, 0.3) is 5.91 Å². The van der Waals surface area contributed by atoms with Crippen molar-refractivity contribution in [1.82, 2.24) is 9.47 Å². The zero-order chi connectivity index (χ0) is 15.0. The van der Waals surface area contributed by atoms with Gasteiger partial charge < -0.3 is 14.2 Å². The molecule has 0 radical (unpaired) electrons. The average Bonchev–Trinajstić information content (AvgIpc) is 2.84. The van der Waals surface area contributed by atoms with Gasteiger partial charge in [0.2, 0.25) is 0 Å². The normalized spacial score (nSPS) is 17.9. The maximum absolute atomic E-state index is 12.3. The molecule has 0 saturated heterocycles. The minimum absolute atomic E-state index is 0.00805. The van der Waals surface area contributed by atoms with Crippen LogP contribution >= 0.6 is 0 Å². The Morgan fingerprint density at radius 3 is 2.90 bits per heavy atom. The van der Waals surface area contributed by atoms with E-state index < -0.39 is 0 Å². The number of hydrogen-bond acceptors (Lipinski definition) is 3. The summed E-state index contributed by atoms with van der Waals surface area (Å²) in [4.78, 5) is 25.8. The Morgan fingerprint density at radius 1 is 1.38 bits per heavy atom. The van der Waals surface area contributed by atoms with Gasteiger partial charge in [-0.3, -0.25) is 9.59 Å². The molecule has 0 saturated carbocycles. The van der Waals surface area contributed by atoms with Gasteiger partial charge >= 0.3 is 5.97 Å². The van der Waals surface area contributed by atoms with Gasteiger partial charge in [0.1, 0.15) is 5.69 Å². The quantitative estimate of drug-likeness (QED) is 0.813. The van der Waals surface area contributed by atoms with Crippen molar-refractivity contribution in [2.24, 2.45) is 0 Å². The van der Waals surface area contributed by atoms with Crippen LogP contribution in [-0.2, 0) is 9.53 Å². The summed E-state index contributed by atoms with van der Waals surface area (Å²) in [5, 5.41) is 1.02. The van der Waals surface area contributed by atoms with E-state index in [1.807, 2.05) is 34.9 Å². The number of rotatable bonds is 3. The second-order valence-corrected chi connectivity index (χ2v) is 5.31. The van der Waals surface area contributed by atoms with Gasteiger partial charge in [-0.05, 0) is 19.1 Å². The third-order valence-corrected chi connectivity index (χ3v) is 3.87. The molecule has 1 aliphatic heterocycles. The maximum Gasteiger partial charge on any atom is 0.307 e. The summed E-state index contributed by atoms with van der Waals surface area (Å²) in [5.41, 5.74) is 1.63. The molecule has 2 heterocycles.